The highest BCUT2D eigenvalue weighted by atomic mass is 16.2. The molecular weight excluding hydrogens is 274 g/mol. The number of carbonyl (C=O) groups excluding carboxylic acids is 2. The van der Waals surface area contributed by atoms with E-state index in [2.05, 4.69) is 19.2 Å². The topological polar surface area (TPSA) is 46.2 Å². The molecule has 2 fully saturated rings. The number of nitrogens with one attached hydrogen (secondary N) is 1. The van der Waals surface area contributed by atoms with Crippen molar-refractivity contribution in [3.63, 3.8) is 0 Å². The molecule has 1 amide bonds. The SMILES string of the molecule is CCc1cccc(C)c1C1C(=O)NC2(CCC(C)CC2)C1=O. The van der Waals surface area contributed by atoms with E-state index < -0.39 is 11.5 Å². The van der Waals surface area contributed by atoms with Gasteiger partial charge >= 0.3 is 0 Å². The Morgan fingerprint density at radius 1 is 1.23 bits per heavy atom. The Bertz CT molecular complexity index is 612. The number of carbonyl (C=O) groups is 2. The van der Waals surface area contributed by atoms with Crippen molar-refractivity contribution in [2.75, 3.05) is 0 Å². The van der Waals surface area contributed by atoms with Crippen molar-refractivity contribution < 1.29 is 9.59 Å². The predicted molar refractivity (Wildman–Crippen MR) is 86.8 cm³/mol. The predicted octanol–water partition coefficient (Wildman–Crippen LogP) is 3.29. The molecule has 1 heterocycles. The molecule has 22 heavy (non-hydrogen) atoms. The molecule has 1 aliphatic heterocycles. The fourth-order valence-corrected chi connectivity index (χ4v) is 4.12. The maximum absolute atomic E-state index is 13.1. The summed E-state index contributed by atoms with van der Waals surface area (Å²) in [7, 11) is 0. The molecule has 3 heteroatoms. The summed E-state index contributed by atoms with van der Waals surface area (Å²) in [6.07, 6.45) is 4.48. The molecule has 1 saturated heterocycles. The Morgan fingerprint density at radius 3 is 2.55 bits per heavy atom. The molecule has 1 aliphatic carbocycles. The van der Waals surface area contributed by atoms with Crippen LogP contribution >= 0.6 is 0 Å². The molecule has 2 aliphatic rings. The lowest BCUT2D eigenvalue weighted by Gasteiger charge is -2.34. The van der Waals surface area contributed by atoms with Crippen molar-refractivity contribution in [1.82, 2.24) is 5.32 Å². The van der Waals surface area contributed by atoms with Gasteiger partial charge in [-0.15, -0.1) is 0 Å². The zero-order valence-corrected chi connectivity index (χ0v) is 13.7. The second kappa shape index (κ2) is 5.53. The van der Waals surface area contributed by atoms with Gasteiger partial charge < -0.3 is 5.32 Å². The van der Waals surface area contributed by atoms with Crippen LogP contribution in [-0.4, -0.2) is 17.2 Å². The molecule has 1 aromatic rings. The minimum absolute atomic E-state index is 0.0939. The molecule has 1 unspecified atom stereocenters. The van der Waals surface area contributed by atoms with Crippen molar-refractivity contribution in [2.24, 2.45) is 5.92 Å². The third kappa shape index (κ3) is 2.27. The average molecular weight is 299 g/mol. The van der Waals surface area contributed by atoms with Crippen LogP contribution in [0.2, 0.25) is 0 Å². The summed E-state index contributed by atoms with van der Waals surface area (Å²) in [5.74, 6) is 0.0561. The zero-order chi connectivity index (χ0) is 15.9. The van der Waals surface area contributed by atoms with E-state index in [0.717, 1.165) is 48.8 Å². The monoisotopic (exact) mass is 299 g/mol. The summed E-state index contributed by atoms with van der Waals surface area (Å²) in [4.78, 5) is 25.8. The number of hydrogen-bond acceptors (Lipinski definition) is 2. The number of rotatable bonds is 2. The summed E-state index contributed by atoms with van der Waals surface area (Å²) in [6.45, 7) is 6.30. The van der Waals surface area contributed by atoms with Crippen molar-refractivity contribution >= 4 is 11.7 Å². The third-order valence-electron chi connectivity index (χ3n) is 5.57. The quantitative estimate of drug-likeness (QED) is 0.852. The van der Waals surface area contributed by atoms with Crippen LogP contribution in [0.5, 0.6) is 0 Å². The van der Waals surface area contributed by atoms with E-state index in [1.807, 2.05) is 25.1 Å². The molecule has 3 rings (SSSR count). The van der Waals surface area contributed by atoms with Crippen molar-refractivity contribution in [3.8, 4) is 0 Å². The molecular formula is C19H25NO2. The van der Waals surface area contributed by atoms with E-state index in [4.69, 9.17) is 0 Å². The van der Waals surface area contributed by atoms with E-state index in [0.29, 0.717) is 5.92 Å². The number of ketones is 1. The summed E-state index contributed by atoms with van der Waals surface area (Å²) >= 11 is 0. The first-order chi connectivity index (χ1) is 10.5. The van der Waals surface area contributed by atoms with Crippen molar-refractivity contribution in [3.05, 3.63) is 34.9 Å². The van der Waals surface area contributed by atoms with Gasteiger partial charge in [0.2, 0.25) is 5.91 Å². The molecule has 118 valence electrons. The third-order valence-corrected chi connectivity index (χ3v) is 5.57. The lowest BCUT2D eigenvalue weighted by atomic mass is 9.73. The lowest BCUT2D eigenvalue weighted by molar-refractivity contribution is -0.126. The fourth-order valence-electron chi connectivity index (χ4n) is 4.12. The van der Waals surface area contributed by atoms with E-state index in [9.17, 15) is 9.59 Å². The van der Waals surface area contributed by atoms with Crippen LogP contribution in [0.15, 0.2) is 18.2 Å². The van der Waals surface area contributed by atoms with E-state index in [1.165, 1.54) is 0 Å². The zero-order valence-electron chi connectivity index (χ0n) is 13.7. The van der Waals surface area contributed by atoms with Gasteiger partial charge in [-0.3, -0.25) is 9.59 Å². The minimum atomic E-state index is -0.607. The number of amides is 1. The molecule has 1 aromatic carbocycles. The van der Waals surface area contributed by atoms with Crippen LogP contribution in [0, 0.1) is 12.8 Å². The van der Waals surface area contributed by atoms with E-state index >= 15 is 0 Å². The standard InChI is InChI=1S/C19H25NO2/c1-4-14-7-5-6-13(3)15(14)16-17(21)19(20-18(16)22)10-8-12(2)9-11-19/h5-7,12,16H,4,8-11H2,1-3H3,(H,20,22). The number of benzene rings is 1. The van der Waals surface area contributed by atoms with Gasteiger partial charge in [0.1, 0.15) is 5.92 Å². The van der Waals surface area contributed by atoms with Gasteiger partial charge in [-0.1, -0.05) is 32.0 Å². The van der Waals surface area contributed by atoms with Gasteiger partial charge in [0, 0.05) is 0 Å². The van der Waals surface area contributed by atoms with Crippen molar-refractivity contribution in [2.45, 2.75) is 64.3 Å². The largest absolute Gasteiger partial charge is 0.343 e. The molecule has 0 aromatic heterocycles. The smallest absolute Gasteiger partial charge is 0.235 e. The summed E-state index contributed by atoms with van der Waals surface area (Å²) in [5, 5.41) is 3.08. The molecule has 3 nitrogen and oxygen atoms in total. The van der Waals surface area contributed by atoms with E-state index in [1.54, 1.807) is 0 Å². The Labute approximate surface area is 132 Å². The van der Waals surface area contributed by atoms with Gasteiger partial charge in [0.05, 0.1) is 5.54 Å². The minimum Gasteiger partial charge on any atom is -0.343 e. The van der Waals surface area contributed by atoms with Crippen molar-refractivity contribution in [1.29, 1.82) is 0 Å². The fraction of sp³-hybridized carbons (Fsp3) is 0.579. The van der Waals surface area contributed by atoms with E-state index in [-0.39, 0.29) is 11.7 Å². The second-order valence-electron chi connectivity index (χ2n) is 7.05. The molecule has 1 N–H and O–H groups in total. The number of aryl methyl sites for hydroxylation is 2. The first-order valence-electron chi connectivity index (χ1n) is 8.43. The first kappa shape index (κ1) is 15.3. The molecule has 0 radical (unpaired) electrons. The molecule has 1 saturated carbocycles. The number of hydrogen-bond donors (Lipinski definition) is 1. The average Bonchev–Trinajstić information content (AvgIpc) is 2.74. The van der Waals surface area contributed by atoms with Crippen LogP contribution < -0.4 is 5.32 Å². The molecule has 1 atom stereocenters. The van der Waals surface area contributed by atoms with Gasteiger partial charge in [-0.25, -0.2) is 0 Å². The van der Waals surface area contributed by atoms with Crippen LogP contribution in [0.1, 0.15) is 62.1 Å². The highest BCUT2D eigenvalue weighted by molar-refractivity contribution is 6.17. The summed E-state index contributed by atoms with van der Waals surface area (Å²) < 4.78 is 0. The molecule has 0 bridgehead atoms. The summed E-state index contributed by atoms with van der Waals surface area (Å²) in [6, 6.07) is 6.05. The highest BCUT2D eigenvalue weighted by Gasteiger charge is 2.54. The second-order valence-corrected chi connectivity index (χ2v) is 7.05. The molecule has 1 spiro atoms. The van der Waals surface area contributed by atoms with Crippen LogP contribution in [-0.2, 0) is 16.0 Å². The van der Waals surface area contributed by atoms with Crippen LogP contribution in [0.3, 0.4) is 0 Å². The maximum Gasteiger partial charge on any atom is 0.235 e. The summed E-state index contributed by atoms with van der Waals surface area (Å²) in [5.41, 5.74) is 2.52. The Balaban J connectivity index is 2.00. The Morgan fingerprint density at radius 2 is 1.91 bits per heavy atom. The van der Waals surface area contributed by atoms with Crippen LogP contribution in [0.4, 0.5) is 0 Å². The van der Waals surface area contributed by atoms with Gasteiger partial charge in [-0.05, 0) is 61.6 Å². The lowest BCUT2D eigenvalue weighted by Crippen LogP contribution is -2.49. The Kier molecular flexibility index (Phi) is 3.84. The normalized spacial score (nSPS) is 31.6. The van der Waals surface area contributed by atoms with Gasteiger partial charge in [-0.2, -0.15) is 0 Å². The number of Topliss-reactive ketones (excluding diaryl/α,β-unsaturated/α-hetero) is 1. The highest BCUT2D eigenvalue weighted by Crippen LogP contribution is 2.42. The van der Waals surface area contributed by atoms with Crippen LogP contribution in [0.25, 0.3) is 0 Å². The maximum atomic E-state index is 13.1. The Hall–Kier alpha value is -1.64. The first-order valence-corrected chi connectivity index (χ1v) is 8.43. The van der Waals surface area contributed by atoms with Gasteiger partial charge in [0.15, 0.2) is 5.78 Å². The van der Waals surface area contributed by atoms with Gasteiger partial charge in [0.25, 0.3) is 0 Å².